The van der Waals surface area contributed by atoms with Gasteiger partial charge in [-0.15, -0.1) is 0 Å². The molecule has 0 unspecified atom stereocenters. The number of piperidine rings is 1. The number of aromatic nitrogens is 1. The number of anilines is 1. The van der Waals surface area contributed by atoms with E-state index in [0.29, 0.717) is 61.7 Å². The maximum absolute atomic E-state index is 14.2. The fourth-order valence-electron chi connectivity index (χ4n) is 3.57. The number of carbonyl (C=O) groups is 1. The van der Waals surface area contributed by atoms with Gasteiger partial charge in [-0.2, -0.15) is 13.2 Å². The zero-order valence-corrected chi connectivity index (χ0v) is 15.5. The van der Waals surface area contributed by atoms with Crippen LogP contribution in [-0.4, -0.2) is 48.2 Å². The number of alkyl halides is 3. The van der Waals surface area contributed by atoms with E-state index in [1.54, 1.807) is 6.07 Å². The van der Waals surface area contributed by atoms with Crippen LogP contribution in [0.1, 0.15) is 26.2 Å². The number of aromatic amines is 1. The second kappa shape index (κ2) is 8.38. The van der Waals surface area contributed by atoms with Crippen LogP contribution in [0.5, 0.6) is 5.75 Å². The summed E-state index contributed by atoms with van der Waals surface area (Å²) in [6.07, 6.45) is -0.555. The summed E-state index contributed by atoms with van der Waals surface area (Å²) in [6, 6.07) is 2.94. The highest BCUT2D eigenvalue weighted by Crippen LogP contribution is 2.30. The fraction of sp³-hybridized carbons (Fsp3) is 0.526. The van der Waals surface area contributed by atoms with Gasteiger partial charge >= 0.3 is 6.18 Å². The molecule has 1 amide bonds. The number of H-pyrrole nitrogens is 1. The van der Waals surface area contributed by atoms with Gasteiger partial charge in [-0.25, -0.2) is 4.39 Å². The predicted molar refractivity (Wildman–Crippen MR) is 97.9 cm³/mol. The first-order valence-corrected chi connectivity index (χ1v) is 9.21. The van der Waals surface area contributed by atoms with Gasteiger partial charge in [-0.3, -0.25) is 9.69 Å². The molecule has 1 fully saturated rings. The third-order valence-corrected chi connectivity index (χ3v) is 4.93. The van der Waals surface area contributed by atoms with Crippen LogP contribution in [0.25, 0.3) is 10.9 Å². The van der Waals surface area contributed by atoms with Gasteiger partial charge < -0.3 is 15.0 Å². The Bertz CT molecular complexity index is 826. The predicted octanol–water partition coefficient (Wildman–Crippen LogP) is 4.31. The number of carbonyl (C=O) groups excluding carboxylic acids is 1. The standard InChI is InChI=1S/C19H23F4N3O2/c1-12(27)25-17-10-24-18-15(17)8-14(9-16(18)20)28-7-4-13-2-5-26(6-3-13)11-19(21,22)23/h8-10,13,24H,2-7,11H2,1H3,(H,25,27). The number of rotatable bonds is 6. The van der Waals surface area contributed by atoms with E-state index in [4.69, 9.17) is 4.74 Å². The smallest absolute Gasteiger partial charge is 0.401 e. The van der Waals surface area contributed by atoms with Crippen LogP contribution < -0.4 is 10.1 Å². The lowest BCUT2D eigenvalue weighted by Gasteiger charge is -2.32. The van der Waals surface area contributed by atoms with Gasteiger partial charge in [0.2, 0.25) is 5.91 Å². The molecule has 28 heavy (non-hydrogen) atoms. The summed E-state index contributed by atoms with van der Waals surface area (Å²) in [7, 11) is 0. The molecular formula is C19H23F4N3O2. The van der Waals surface area contributed by atoms with Crippen molar-refractivity contribution in [2.24, 2.45) is 5.92 Å². The Morgan fingerprint density at radius 2 is 2.04 bits per heavy atom. The summed E-state index contributed by atoms with van der Waals surface area (Å²) >= 11 is 0. The largest absolute Gasteiger partial charge is 0.493 e. The lowest BCUT2D eigenvalue weighted by atomic mass is 9.94. The summed E-state index contributed by atoms with van der Waals surface area (Å²) < 4.78 is 57.2. The number of nitrogens with one attached hydrogen (secondary N) is 2. The van der Waals surface area contributed by atoms with Crippen LogP contribution in [0.3, 0.4) is 0 Å². The Morgan fingerprint density at radius 3 is 2.68 bits per heavy atom. The minimum atomic E-state index is -4.16. The molecular weight excluding hydrogens is 378 g/mol. The van der Waals surface area contributed by atoms with E-state index in [1.165, 1.54) is 24.1 Å². The molecule has 2 heterocycles. The average molecular weight is 401 g/mol. The summed E-state index contributed by atoms with van der Waals surface area (Å²) in [5.74, 6) is -0.0972. The van der Waals surface area contributed by atoms with Crippen molar-refractivity contribution in [3.63, 3.8) is 0 Å². The van der Waals surface area contributed by atoms with E-state index < -0.39 is 18.5 Å². The molecule has 0 bridgehead atoms. The number of benzene rings is 1. The summed E-state index contributed by atoms with van der Waals surface area (Å²) in [5, 5.41) is 3.15. The van der Waals surface area contributed by atoms with Crippen molar-refractivity contribution in [2.75, 3.05) is 31.6 Å². The molecule has 3 rings (SSSR count). The molecule has 0 atom stereocenters. The van der Waals surface area contributed by atoms with Crippen molar-refractivity contribution in [2.45, 2.75) is 32.4 Å². The molecule has 0 radical (unpaired) electrons. The van der Waals surface area contributed by atoms with E-state index in [2.05, 4.69) is 10.3 Å². The highest BCUT2D eigenvalue weighted by Gasteiger charge is 2.32. The molecule has 1 aromatic carbocycles. The van der Waals surface area contributed by atoms with Crippen LogP contribution in [0.4, 0.5) is 23.2 Å². The monoisotopic (exact) mass is 401 g/mol. The Balaban J connectivity index is 1.52. The van der Waals surface area contributed by atoms with Crippen LogP contribution >= 0.6 is 0 Å². The van der Waals surface area contributed by atoms with Gasteiger partial charge in [0.25, 0.3) is 0 Å². The molecule has 2 N–H and O–H groups in total. The lowest BCUT2D eigenvalue weighted by molar-refractivity contribution is -0.148. The second-order valence-electron chi connectivity index (χ2n) is 7.18. The molecule has 2 aromatic rings. The SMILES string of the molecule is CC(=O)Nc1c[nH]c2c(F)cc(OCCC3CCN(CC(F)(F)F)CC3)cc12. The number of nitrogens with zero attached hydrogens (tertiary/aromatic N) is 1. The van der Waals surface area contributed by atoms with E-state index in [1.807, 2.05) is 0 Å². The van der Waals surface area contributed by atoms with Crippen molar-refractivity contribution in [1.82, 2.24) is 9.88 Å². The Hall–Kier alpha value is -2.29. The topological polar surface area (TPSA) is 57.4 Å². The van der Waals surface area contributed by atoms with Crippen molar-refractivity contribution in [3.05, 3.63) is 24.1 Å². The van der Waals surface area contributed by atoms with Gasteiger partial charge in [-0.05, 0) is 44.3 Å². The van der Waals surface area contributed by atoms with Crippen LogP contribution in [0, 0.1) is 11.7 Å². The van der Waals surface area contributed by atoms with E-state index in [0.717, 1.165) is 0 Å². The maximum atomic E-state index is 14.2. The lowest BCUT2D eigenvalue weighted by Crippen LogP contribution is -2.40. The number of amides is 1. The van der Waals surface area contributed by atoms with Gasteiger partial charge in [-0.1, -0.05) is 0 Å². The fourth-order valence-corrected chi connectivity index (χ4v) is 3.57. The Kier molecular flexibility index (Phi) is 6.12. The van der Waals surface area contributed by atoms with Gasteiger partial charge in [0.1, 0.15) is 5.75 Å². The van der Waals surface area contributed by atoms with E-state index in [-0.39, 0.29) is 11.4 Å². The highest BCUT2D eigenvalue weighted by atomic mass is 19.4. The molecule has 1 aliphatic rings. The van der Waals surface area contributed by atoms with E-state index >= 15 is 0 Å². The first kappa shape index (κ1) is 20.4. The molecule has 1 saturated heterocycles. The molecule has 5 nitrogen and oxygen atoms in total. The number of hydrogen-bond donors (Lipinski definition) is 2. The zero-order chi connectivity index (χ0) is 20.3. The third-order valence-electron chi connectivity index (χ3n) is 4.93. The third kappa shape index (κ3) is 5.37. The number of ether oxygens (including phenoxy) is 1. The molecule has 0 aliphatic carbocycles. The molecule has 9 heteroatoms. The van der Waals surface area contributed by atoms with Crippen molar-refractivity contribution >= 4 is 22.5 Å². The average Bonchev–Trinajstić information content (AvgIpc) is 2.98. The molecule has 0 spiro atoms. The zero-order valence-electron chi connectivity index (χ0n) is 15.5. The number of hydrogen-bond acceptors (Lipinski definition) is 3. The first-order valence-electron chi connectivity index (χ1n) is 9.21. The van der Waals surface area contributed by atoms with Crippen LogP contribution in [-0.2, 0) is 4.79 Å². The quantitative estimate of drug-likeness (QED) is 0.710. The van der Waals surface area contributed by atoms with Crippen LogP contribution in [0.2, 0.25) is 0 Å². The van der Waals surface area contributed by atoms with Crippen molar-refractivity contribution in [3.8, 4) is 5.75 Å². The highest BCUT2D eigenvalue weighted by molar-refractivity contribution is 6.01. The van der Waals surface area contributed by atoms with E-state index in [9.17, 15) is 22.4 Å². The minimum Gasteiger partial charge on any atom is -0.493 e. The maximum Gasteiger partial charge on any atom is 0.401 e. The molecule has 154 valence electrons. The van der Waals surface area contributed by atoms with Crippen molar-refractivity contribution in [1.29, 1.82) is 0 Å². The number of fused-ring (bicyclic) bond motifs is 1. The van der Waals surface area contributed by atoms with Gasteiger partial charge in [0, 0.05) is 24.6 Å². The Labute approximate surface area is 160 Å². The second-order valence-corrected chi connectivity index (χ2v) is 7.18. The molecule has 1 aromatic heterocycles. The molecule has 1 aliphatic heterocycles. The normalized spacial score (nSPS) is 16.5. The molecule has 0 saturated carbocycles. The first-order chi connectivity index (χ1) is 13.2. The van der Waals surface area contributed by atoms with Crippen molar-refractivity contribution < 1.29 is 27.1 Å². The van der Waals surface area contributed by atoms with Gasteiger partial charge in [0.05, 0.1) is 24.4 Å². The minimum absolute atomic E-state index is 0.260. The Morgan fingerprint density at radius 1 is 1.32 bits per heavy atom. The number of likely N-dealkylation sites (tertiary alicyclic amines) is 1. The summed E-state index contributed by atoms with van der Waals surface area (Å²) in [4.78, 5) is 15.5. The summed E-state index contributed by atoms with van der Waals surface area (Å²) in [6.45, 7) is 1.72. The van der Waals surface area contributed by atoms with Crippen LogP contribution in [0.15, 0.2) is 18.3 Å². The number of halogens is 4. The van der Waals surface area contributed by atoms with Gasteiger partial charge in [0.15, 0.2) is 5.82 Å². The summed E-state index contributed by atoms with van der Waals surface area (Å²) in [5.41, 5.74) is 0.761.